The number of carbonyl (C=O) groups is 1. The first-order valence-electron chi connectivity index (χ1n) is 7.68. The largest absolute Gasteiger partial charge is 0.478 e. The zero-order valence-electron chi connectivity index (χ0n) is 13.3. The fourth-order valence-corrected chi connectivity index (χ4v) is 2.44. The number of ether oxygens (including phenoxy) is 1. The molecule has 0 spiro atoms. The van der Waals surface area contributed by atoms with Crippen molar-refractivity contribution in [2.24, 2.45) is 0 Å². The minimum atomic E-state index is -1.08. The Bertz CT molecular complexity index is 701. The van der Waals surface area contributed by atoms with E-state index in [4.69, 9.17) is 9.84 Å². The summed E-state index contributed by atoms with van der Waals surface area (Å²) in [6.07, 6.45) is 4.46. The van der Waals surface area contributed by atoms with E-state index < -0.39 is 5.97 Å². The predicted octanol–water partition coefficient (Wildman–Crippen LogP) is 0.690. The van der Waals surface area contributed by atoms with Gasteiger partial charge >= 0.3 is 5.97 Å². The molecule has 0 unspecified atom stereocenters. The van der Waals surface area contributed by atoms with Crippen molar-refractivity contribution in [2.45, 2.75) is 6.92 Å². The van der Waals surface area contributed by atoms with E-state index in [0.717, 1.165) is 26.2 Å². The molecule has 0 amide bonds. The summed E-state index contributed by atoms with van der Waals surface area (Å²) in [6.45, 7) is 5.40. The van der Waals surface area contributed by atoms with Crippen LogP contribution in [0.5, 0.6) is 5.88 Å². The highest BCUT2D eigenvalue weighted by Crippen LogP contribution is 2.17. The zero-order chi connectivity index (χ0) is 16.9. The molecular weight excluding hydrogens is 312 g/mol. The second-order valence-electron chi connectivity index (χ2n) is 5.17. The molecule has 1 N–H and O–H groups in total. The maximum atomic E-state index is 10.8. The lowest BCUT2D eigenvalue weighted by molar-refractivity contribution is 0.0690. The first-order chi connectivity index (χ1) is 11.7. The fraction of sp³-hybridized carbons (Fsp3) is 0.400. The molecule has 9 heteroatoms. The van der Waals surface area contributed by atoms with E-state index in [2.05, 4.69) is 29.7 Å². The Balaban J connectivity index is 1.63. The Kier molecular flexibility index (Phi) is 4.69. The van der Waals surface area contributed by atoms with Gasteiger partial charge in [-0.15, -0.1) is 0 Å². The number of piperazine rings is 1. The van der Waals surface area contributed by atoms with Crippen LogP contribution < -0.4 is 14.5 Å². The lowest BCUT2D eigenvalue weighted by Crippen LogP contribution is -2.47. The van der Waals surface area contributed by atoms with E-state index in [9.17, 15) is 4.79 Å². The van der Waals surface area contributed by atoms with Crippen molar-refractivity contribution in [3.63, 3.8) is 0 Å². The van der Waals surface area contributed by atoms with E-state index >= 15 is 0 Å². The van der Waals surface area contributed by atoms with Crippen LogP contribution >= 0.6 is 0 Å². The smallest absolute Gasteiger partial charge is 0.356 e. The molecule has 126 valence electrons. The number of nitrogens with zero attached hydrogens (tertiary/aromatic N) is 6. The number of carboxylic acid groups (broad SMARTS) is 1. The van der Waals surface area contributed by atoms with Crippen molar-refractivity contribution >= 4 is 17.7 Å². The van der Waals surface area contributed by atoms with Crippen LogP contribution in [0.25, 0.3) is 0 Å². The number of aromatic nitrogens is 4. The van der Waals surface area contributed by atoms with Gasteiger partial charge in [-0.2, -0.15) is 4.98 Å². The summed E-state index contributed by atoms with van der Waals surface area (Å²) in [4.78, 5) is 31.7. The summed E-state index contributed by atoms with van der Waals surface area (Å²) in [6, 6.07) is 1.74. The Morgan fingerprint density at radius 1 is 1.17 bits per heavy atom. The van der Waals surface area contributed by atoms with Crippen LogP contribution in [0.15, 0.2) is 24.7 Å². The van der Waals surface area contributed by atoms with Crippen LogP contribution in [0.4, 0.5) is 11.8 Å². The molecule has 1 aliphatic heterocycles. The molecule has 0 saturated carbocycles. The third-order valence-corrected chi connectivity index (χ3v) is 3.65. The number of hydrogen-bond donors (Lipinski definition) is 1. The highest BCUT2D eigenvalue weighted by Gasteiger charge is 2.21. The summed E-state index contributed by atoms with van der Waals surface area (Å²) >= 11 is 0. The number of anilines is 2. The van der Waals surface area contributed by atoms with Crippen molar-refractivity contribution in [3.8, 4) is 5.88 Å². The van der Waals surface area contributed by atoms with E-state index in [0.29, 0.717) is 24.3 Å². The van der Waals surface area contributed by atoms with Crippen LogP contribution in [-0.4, -0.2) is 63.8 Å². The highest BCUT2D eigenvalue weighted by atomic mass is 16.5. The van der Waals surface area contributed by atoms with E-state index in [1.165, 1.54) is 12.4 Å². The van der Waals surface area contributed by atoms with Gasteiger partial charge in [-0.3, -0.25) is 0 Å². The van der Waals surface area contributed by atoms with E-state index in [-0.39, 0.29) is 5.69 Å². The number of hydrogen-bond acceptors (Lipinski definition) is 8. The fourth-order valence-electron chi connectivity index (χ4n) is 2.44. The molecule has 2 aromatic rings. The Morgan fingerprint density at radius 2 is 1.92 bits per heavy atom. The predicted molar refractivity (Wildman–Crippen MR) is 86.6 cm³/mol. The van der Waals surface area contributed by atoms with Crippen LogP contribution in [0, 0.1) is 0 Å². The van der Waals surface area contributed by atoms with E-state index in [1.54, 1.807) is 12.3 Å². The van der Waals surface area contributed by atoms with Gasteiger partial charge in [0.1, 0.15) is 5.82 Å². The molecule has 0 aromatic carbocycles. The molecular formula is C15H18N6O3. The first kappa shape index (κ1) is 15.9. The van der Waals surface area contributed by atoms with Crippen LogP contribution in [-0.2, 0) is 0 Å². The van der Waals surface area contributed by atoms with Gasteiger partial charge in [0.15, 0.2) is 5.69 Å². The molecule has 1 fully saturated rings. The topological polar surface area (TPSA) is 105 Å². The zero-order valence-corrected chi connectivity index (χ0v) is 13.3. The van der Waals surface area contributed by atoms with Crippen molar-refractivity contribution in [1.82, 2.24) is 19.9 Å². The normalized spacial score (nSPS) is 14.5. The Labute approximate surface area is 139 Å². The summed E-state index contributed by atoms with van der Waals surface area (Å²) in [5, 5.41) is 8.86. The molecule has 3 heterocycles. The van der Waals surface area contributed by atoms with Gasteiger partial charge in [0.25, 0.3) is 0 Å². The van der Waals surface area contributed by atoms with Crippen molar-refractivity contribution in [1.29, 1.82) is 0 Å². The molecule has 9 nitrogen and oxygen atoms in total. The van der Waals surface area contributed by atoms with E-state index in [1.807, 2.05) is 6.92 Å². The first-order valence-corrected chi connectivity index (χ1v) is 7.68. The van der Waals surface area contributed by atoms with Gasteiger partial charge in [-0.05, 0) is 6.92 Å². The molecule has 2 aromatic heterocycles. The van der Waals surface area contributed by atoms with Gasteiger partial charge in [0.2, 0.25) is 11.8 Å². The standard InChI is InChI=1S/C15H18N6O3/c1-2-24-13-3-4-16-15(19-13)21-7-5-20(6-8-21)12-10-17-11(9-18-12)14(22)23/h3-4,9-10H,2,5-8H2,1H3,(H,22,23). The summed E-state index contributed by atoms with van der Waals surface area (Å²) in [5.74, 6) is 0.807. The van der Waals surface area contributed by atoms with Crippen molar-refractivity contribution < 1.29 is 14.6 Å². The SMILES string of the molecule is CCOc1ccnc(N2CCN(c3cnc(C(=O)O)cn3)CC2)n1. The van der Waals surface area contributed by atoms with Gasteiger partial charge in [0.05, 0.1) is 19.0 Å². The van der Waals surface area contributed by atoms with Crippen molar-refractivity contribution in [2.75, 3.05) is 42.6 Å². The second-order valence-corrected chi connectivity index (χ2v) is 5.17. The third kappa shape index (κ3) is 3.50. The molecule has 0 aliphatic carbocycles. The lowest BCUT2D eigenvalue weighted by Gasteiger charge is -2.35. The molecule has 3 rings (SSSR count). The Morgan fingerprint density at radius 3 is 2.54 bits per heavy atom. The summed E-state index contributed by atoms with van der Waals surface area (Å²) < 4.78 is 5.40. The highest BCUT2D eigenvalue weighted by molar-refractivity contribution is 5.84. The number of carboxylic acids is 1. The minimum absolute atomic E-state index is 0.0569. The quantitative estimate of drug-likeness (QED) is 0.847. The average Bonchev–Trinajstić information content (AvgIpc) is 2.62. The summed E-state index contributed by atoms with van der Waals surface area (Å²) in [7, 11) is 0. The monoisotopic (exact) mass is 330 g/mol. The van der Waals surface area contributed by atoms with Gasteiger partial charge < -0.3 is 19.6 Å². The van der Waals surface area contributed by atoms with Crippen LogP contribution in [0.1, 0.15) is 17.4 Å². The molecule has 0 atom stereocenters. The molecule has 1 aliphatic rings. The average molecular weight is 330 g/mol. The van der Waals surface area contributed by atoms with Gasteiger partial charge in [0, 0.05) is 38.4 Å². The molecule has 0 bridgehead atoms. The maximum absolute atomic E-state index is 10.8. The van der Waals surface area contributed by atoms with Crippen LogP contribution in [0.3, 0.4) is 0 Å². The third-order valence-electron chi connectivity index (χ3n) is 3.65. The molecule has 0 radical (unpaired) electrons. The van der Waals surface area contributed by atoms with Gasteiger partial charge in [-0.1, -0.05) is 0 Å². The minimum Gasteiger partial charge on any atom is -0.478 e. The lowest BCUT2D eigenvalue weighted by atomic mass is 10.3. The second kappa shape index (κ2) is 7.07. The summed E-state index contributed by atoms with van der Waals surface area (Å²) in [5.41, 5.74) is -0.0569. The number of aromatic carboxylic acids is 1. The number of rotatable bonds is 5. The maximum Gasteiger partial charge on any atom is 0.356 e. The van der Waals surface area contributed by atoms with Crippen molar-refractivity contribution in [3.05, 3.63) is 30.4 Å². The van der Waals surface area contributed by atoms with Crippen LogP contribution in [0.2, 0.25) is 0 Å². The molecule has 24 heavy (non-hydrogen) atoms. The van der Waals surface area contributed by atoms with Gasteiger partial charge in [-0.25, -0.2) is 19.7 Å². The Hall–Kier alpha value is -2.97. The molecule has 1 saturated heterocycles.